The van der Waals surface area contributed by atoms with Gasteiger partial charge >= 0.3 is 5.97 Å². The topological polar surface area (TPSA) is 93.0 Å². The second kappa shape index (κ2) is 8.24. The van der Waals surface area contributed by atoms with Crippen LogP contribution in [0.4, 0.5) is 0 Å². The van der Waals surface area contributed by atoms with Crippen LogP contribution in [0.25, 0.3) is 0 Å². The highest BCUT2D eigenvalue weighted by atomic mass is 16.6. The van der Waals surface area contributed by atoms with Crippen molar-refractivity contribution in [2.24, 2.45) is 5.92 Å². The normalized spacial score (nSPS) is 25.9. The molecule has 8 nitrogen and oxygen atoms in total. The molecule has 0 radical (unpaired) electrons. The van der Waals surface area contributed by atoms with Gasteiger partial charge in [-0.3, -0.25) is 24.6 Å². The van der Waals surface area contributed by atoms with E-state index in [1.807, 2.05) is 4.90 Å². The highest BCUT2D eigenvalue weighted by Gasteiger charge is 2.34. The highest BCUT2D eigenvalue weighted by molar-refractivity contribution is 5.73. The number of nitro groups is 1. The Kier molecular flexibility index (Phi) is 6.32. The minimum Gasteiger partial charge on any atom is -0.464 e. The first kappa shape index (κ1) is 17.7. The Morgan fingerprint density at radius 2 is 1.91 bits per heavy atom. The van der Waals surface area contributed by atoms with Crippen molar-refractivity contribution in [2.45, 2.75) is 38.6 Å². The Morgan fingerprint density at radius 3 is 2.52 bits per heavy atom. The molecule has 0 aromatic carbocycles. The molecule has 2 unspecified atom stereocenters. The lowest BCUT2D eigenvalue weighted by molar-refractivity contribution is -0.527. The molecule has 0 aromatic heterocycles. The first-order valence-corrected chi connectivity index (χ1v) is 8.25. The predicted octanol–water partition coefficient (Wildman–Crippen LogP) is 0.529. The SMILES string of the molecule is CC(=O)N1CCN(CCOC(=O)C2CCCC([N+](=O)[O-])C2)CC1. The Balaban J connectivity index is 1.65. The van der Waals surface area contributed by atoms with E-state index in [9.17, 15) is 19.7 Å². The molecule has 23 heavy (non-hydrogen) atoms. The summed E-state index contributed by atoms with van der Waals surface area (Å²) in [6.45, 7) is 5.49. The molecule has 130 valence electrons. The van der Waals surface area contributed by atoms with E-state index in [0.29, 0.717) is 51.9 Å². The molecule has 1 amide bonds. The standard InChI is InChI=1S/C15H25N3O5/c1-12(19)17-7-5-16(6-8-17)9-10-23-15(20)13-3-2-4-14(11-13)18(21)22/h13-14H,2-11H2,1H3. The van der Waals surface area contributed by atoms with Crippen LogP contribution < -0.4 is 0 Å². The molecule has 1 aliphatic carbocycles. The fourth-order valence-electron chi connectivity index (χ4n) is 3.25. The smallest absolute Gasteiger partial charge is 0.309 e. The van der Waals surface area contributed by atoms with Gasteiger partial charge in [0, 0.05) is 57.4 Å². The van der Waals surface area contributed by atoms with Gasteiger partial charge in [0.05, 0.1) is 5.92 Å². The highest BCUT2D eigenvalue weighted by Crippen LogP contribution is 2.26. The summed E-state index contributed by atoms with van der Waals surface area (Å²) in [5.74, 6) is -0.554. The maximum atomic E-state index is 12.0. The van der Waals surface area contributed by atoms with Crippen LogP contribution in [0, 0.1) is 16.0 Å². The quantitative estimate of drug-likeness (QED) is 0.415. The van der Waals surface area contributed by atoms with E-state index in [0.717, 1.165) is 13.1 Å². The third kappa shape index (κ3) is 5.16. The van der Waals surface area contributed by atoms with Gasteiger partial charge in [-0.15, -0.1) is 0 Å². The fourth-order valence-corrected chi connectivity index (χ4v) is 3.25. The maximum Gasteiger partial charge on any atom is 0.309 e. The minimum atomic E-state index is -0.610. The van der Waals surface area contributed by atoms with E-state index in [1.54, 1.807) is 6.92 Å². The molecule has 2 atom stereocenters. The Morgan fingerprint density at radius 1 is 1.22 bits per heavy atom. The van der Waals surface area contributed by atoms with Crippen molar-refractivity contribution in [1.82, 2.24) is 9.80 Å². The second-order valence-electron chi connectivity index (χ2n) is 6.32. The van der Waals surface area contributed by atoms with Gasteiger partial charge in [-0.2, -0.15) is 0 Å². The zero-order valence-corrected chi connectivity index (χ0v) is 13.6. The molecule has 0 spiro atoms. The maximum absolute atomic E-state index is 12.0. The fraction of sp³-hybridized carbons (Fsp3) is 0.867. The average Bonchev–Trinajstić information content (AvgIpc) is 2.55. The van der Waals surface area contributed by atoms with E-state index in [4.69, 9.17) is 4.74 Å². The van der Waals surface area contributed by atoms with Crippen molar-refractivity contribution in [2.75, 3.05) is 39.3 Å². The van der Waals surface area contributed by atoms with Gasteiger partial charge in [-0.1, -0.05) is 0 Å². The molecule has 0 aromatic rings. The summed E-state index contributed by atoms with van der Waals surface area (Å²) in [4.78, 5) is 37.8. The lowest BCUT2D eigenvalue weighted by atomic mass is 9.86. The number of amides is 1. The molecule has 1 heterocycles. The summed E-state index contributed by atoms with van der Waals surface area (Å²) >= 11 is 0. The Bertz CT molecular complexity index is 448. The molecule has 1 saturated heterocycles. The number of esters is 1. The lowest BCUT2D eigenvalue weighted by Crippen LogP contribution is -2.48. The summed E-state index contributed by atoms with van der Waals surface area (Å²) in [5.41, 5.74) is 0. The van der Waals surface area contributed by atoms with Crippen molar-refractivity contribution in [1.29, 1.82) is 0 Å². The molecule has 2 rings (SSSR count). The number of ether oxygens (including phenoxy) is 1. The first-order chi connectivity index (χ1) is 11.0. The van der Waals surface area contributed by atoms with Gasteiger partial charge in [0.1, 0.15) is 6.61 Å². The molecular weight excluding hydrogens is 302 g/mol. The first-order valence-electron chi connectivity index (χ1n) is 8.25. The number of rotatable bonds is 5. The second-order valence-corrected chi connectivity index (χ2v) is 6.32. The summed E-state index contributed by atoms with van der Waals surface area (Å²) in [6.07, 6.45) is 2.24. The van der Waals surface area contributed by atoms with Crippen molar-refractivity contribution in [3.8, 4) is 0 Å². The zero-order chi connectivity index (χ0) is 16.8. The van der Waals surface area contributed by atoms with Gasteiger partial charge in [-0.05, 0) is 12.8 Å². The monoisotopic (exact) mass is 327 g/mol. The molecule has 8 heteroatoms. The largest absolute Gasteiger partial charge is 0.464 e. The van der Waals surface area contributed by atoms with Crippen LogP contribution >= 0.6 is 0 Å². The molecule has 0 bridgehead atoms. The molecule has 2 fully saturated rings. The number of carbonyl (C=O) groups excluding carboxylic acids is 2. The van der Waals surface area contributed by atoms with E-state index >= 15 is 0 Å². The van der Waals surface area contributed by atoms with Crippen molar-refractivity contribution in [3.05, 3.63) is 10.1 Å². The molecule has 0 N–H and O–H groups in total. The van der Waals surface area contributed by atoms with E-state index < -0.39 is 6.04 Å². The number of nitrogens with zero attached hydrogens (tertiary/aromatic N) is 3. The minimum absolute atomic E-state index is 0.0914. The lowest BCUT2D eigenvalue weighted by Gasteiger charge is -2.34. The van der Waals surface area contributed by atoms with Gasteiger partial charge in [0.15, 0.2) is 0 Å². The van der Waals surface area contributed by atoms with Crippen LogP contribution in [0.1, 0.15) is 32.6 Å². The van der Waals surface area contributed by atoms with Crippen LogP contribution in [0.5, 0.6) is 0 Å². The van der Waals surface area contributed by atoms with Crippen LogP contribution in [0.2, 0.25) is 0 Å². The van der Waals surface area contributed by atoms with E-state index in [1.165, 1.54) is 0 Å². The van der Waals surface area contributed by atoms with Crippen LogP contribution in [0.3, 0.4) is 0 Å². The van der Waals surface area contributed by atoms with E-state index in [-0.39, 0.29) is 22.7 Å². The third-order valence-electron chi connectivity index (χ3n) is 4.75. The molecule has 1 aliphatic heterocycles. The summed E-state index contributed by atoms with van der Waals surface area (Å²) in [7, 11) is 0. The number of hydrogen-bond donors (Lipinski definition) is 0. The third-order valence-corrected chi connectivity index (χ3v) is 4.75. The van der Waals surface area contributed by atoms with Gasteiger partial charge in [0.25, 0.3) is 0 Å². The van der Waals surface area contributed by atoms with Crippen molar-refractivity contribution < 1.29 is 19.2 Å². The van der Waals surface area contributed by atoms with Crippen molar-refractivity contribution >= 4 is 11.9 Å². The van der Waals surface area contributed by atoms with Crippen LogP contribution in [0.15, 0.2) is 0 Å². The molecule has 2 aliphatic rings. The zero-order valence-electron chi connectivity index (χ0n) is 13.6. The van der Waals surface area contributed by atoms with Crippen molar-refractivity contribution in [3.63, 3.8) is 0 Å². The van der Waals surface area contributed by atoms with Gasteiger partial charge < -0.3 is 9.64 Å². The molecule has 1 saturated carbocycles. The van der Waals surface area contributed by atoms with Crippen LogP contribution in [-0.4, -0.2) is 72.0 Å². The van der Waals surface area contributed by atoms with Crippen LogP contribution in [-0.2, 0) is 14.3 Å². The predicted molar refractivity (Wildman–Crippen MR) is 82.4 cm³/mol. The van der Waals surface area contributed by atoms with Gasteiger partial charge in [-0.25, -0.2) is 0 Å². The number of piperazine rings is 1. The van der Waals surface area contributed by atoms with Gasteiger partial charge in [0.2, 0.25) is 11.9 Å². The number of carbonyl (C=O) groups is 2. The average molecular weight is 327 g/mol. The Labute approximate surface area is 135 Å². The number of hydrogen-bond acceptors (Lipinski definition) is 6. The summed E-state index contributed by atoms with van der Waals surface area (Å²) < 4.78 is 5.30. The molecular formula is C15H25N3O5. The van der Waals surface area contributed by atoms with E-state index in [2.05, 4.69) is 4.90 Å². The summed E-state index contributed by atoms with van der Waals surface area (Å²) in [5, 5.41) is 10.8. The Hall–Kier alpha value is -1.70. The summed E-state index contributed by atoms with van der Waals surface area (Å²) in [6, 6.07) is -0.610.